The number of carbonyl (C=O) groups excluding carboxylic acids is 1. The highest BCUT2D eigenvalue weighted by atomic mass is 32.2. The maximum atomic E-state index is 12.6. The number of benzene rings is 2. The molecule has 0 aliphatic heterocycles. The maximum absolute atomic E-state index is 12.6. The van der Waals surface area contributed by atoms with Gasteiger partial charge in [0.2, 0.25) is 0 Å². The summed E-state index contributed by atoms with van der Waals surface area (Å²) in [5.41, 5.74) is 1.89. The first-order chi connectivity index (χ1) is 11.7. The lowest BCUT2D eigenvalue weighted by atomic mass is 10.1. The predicted octanol–water partition coefficient (Wildman–Crippen LogP) is 3.52. The van der Waals surface area contributed by atoms with Gasteiger partial charge >= 0.3 is 0 Å². The molecular formula is C19H24N2O3S. The molecule has 25 heavy (non-hydrogen) atoms. The van der Waals surface area contributed by atoms with Crippen molar-refractivity contribution in [2.45, 2.75) is 25.7 Å². The molecule has 0 saturated carbocycles. The average molecular weight is 360 g/mol. The molecule has 2 rings (SSSR count). The molecule has 0 unspecified atom stereocenters. The summed E-state index contributed by atoms with van der Waals surface area (Å²) in [5.74, 6) is 0.144. The highest BCUT2D eigenvalue weighted by Crippen LogP contribution is 2.18. The molecule has 2 aromatic rings. The van der Waals surface area contributed by atoms with Crippen molar-refractivity contribution < 1.29 is 13.2 Å². The van der Waals surface area contributed by atoms with Gasteiger partial charge in [0, 0.05) is 24.8 Å². The van der Waals surface area contributed by atoms with Crippen molar-refractivity contribution in [2.24, 2.45) is 5.92 Å². The summed E-state index contributed by atoms with van der Waals surface area (Å²) in [5, 5.41) is 0. The van der Waals surface area contributed by atoms with E-state index in [2.05, 4.69) is 4.72 Å². The molecule has 0 radical (unpaired) electrons. The molecule has 0 saturated heterocycles. The number of amides is 1. The zero-order valence-corrected chi connectivity index (χ0v) is 15.8. The fourth-order valence-corrected chi connectivity index (χ4v) is 3.59. The number of hydrogen-bond acceptors (Lipinski definition) is 3. The topological polar surface area (TPSA) is 66.5 Å². The summed E-state index contributed by atoms with van der Waals surface area (Å²) < 4.78 is 27.7. The second-order valence-corrected chi connectivity index (χ2v) is 8.26. The Morgan fingerprint density at radius 1 is 1.12 bits per heavy atom. The van der Waals surface area contributed by atoms with Crippen LogP contribution in [0.1, 0.15) is 29.8 Å². The molecule has 0 aromatic heterocycles. The zero-order valence-electron chi connectivity index (χ0n) is 15.0. The Morgan fingerprint density at radius 3 is 2.36 bits per heavy atom. The van der Waals surface area contributed by atoms with Crippen LogP contribution in [-0.2, 0) is 10.0 Å². The van der Waals surface area contributed by atoms with Gasteiger partial charge in [-0.25, -0.2) is 8.42 Å². The van der Waals surface area contributed by atoms with E-state index in [9.17, 15) is 13.2 Å². The minimum absolute atomic E-state index is 0.0665. The van der Waals surface area contributed by atoms with Gasteiger partial charge in [-0.3, -0.25) is 9.52 Å². The number of nitrogens with zero attached hydrogens (tertiary/aromatic N) is 1. The fraction of sp³-hybridized carbons (Fsp3) is 0.316. The molecule has 0 spiro atoms. The second kappa shape index (κ2) is 7.70. The molecule has 5 nitrogen and oxygen atoms in total. The number of rotatable bonds is 6. The molecular weight excluding hydrogens is 336 g/mol. The van der Waals surface area contributed by atoms with Crippen LogP contribution >= 0.6 is 0 Å². The van der Waals surface area contributed by atoms with Gasteiger partial charge in [-0.15, -0.1) is 0 Å². The van der Waals surface area contributed by atoms with E-state index in [0.717, 1.165) is 5.56 Å². The predicted molar refractivity (Wildman–Crippen MR) is 100 cm³/mol. The van der Waals surface area contributed by atoms with Gasteiger partial charge < -0.3 is 4.90 Å². The molecule has 0 aliphatic carbocycles. The van der Waals surface area contributed by atoms with Crippen LogP contribution in [0.15, 0.2) is 53.4 Å². The Balaban J connectivity index is 2.24. The van der Waals surface area contributed by atoms with E-state index in [4.69, 9.17) is 0 Å². The number of aryl methyl sites for hydroxylation is 1. The number of carbonyl (C=O) groups is 1. The molecule has 0 heterocycles. The van der Waals surface area contributed by atoms with Crippen molar-refractivity contribution in [2.75, 3.05) is 18.3 Å². The van der Waals surface area contributed by atoms with E-state index in [-0.39, 0.29) is 10.8 Å². The van der Waals surface area contributed by atoms with Crippen molar-refractivity contribution in [1.29, 1.82) is 0 Å². The van der Waals surface area contributed by atoms with Crippen molar-refractivity contribution in [3.8, 4) is 0 Å². The Labute approximate surface area is 149 Å². The number of nitrogens with one attached hydrogen (secondary N) is 1. The lowest BCUT2D eigenvalue weighted by molar-refractivity contribution is 0.0779. The van der Waals surface area contributed by atoms with Crippen LogP contribution in [0, 0.1) is 12.8 Å². The SMILES string of the molecule is Cc1ccc(NS(=O)(=O)c2cccc(C(=O)N(C)CC(C)C)c2)cc1. The summed E-state index contributed by atoms with van der Waals surface area (Å²) in [4.78, 5) is 14.1. The number of sulfonamides is 1. The Morgan fingerprint density at radius 2 is 1.76 bits per heavy atom. The number of anilines is 1. The van der Waals surface area contributed by atoms with Crippen LogP contribution in [0.2, 0.25) is 0 Å². The summed E-state index contributed by atoms with van der Waals surface area (Å²) in [7, 11) is -2.04. The zero-order chi connectivity index (χ0) is 18.6. The molecule has 2 aromatic carbocycles. The van der Waals surface area contributed by atoms with Gasteiger partial charge in [0.05, 0.1) is 4.90 Å². The quantitative estimate of drug-likeness (QED) is 0.857. The van der Waals surface area contributed by atoms with Crippen molar-refractivity contribution >= 4 is 21.6 Å². The summed E-state index contributed by atoms with van der Waals surface area (Å²) in [6.07, 6.45) is 0. The third-order valence-electron chi connectivity index (χ3n) is 3.68. The first-order valence-corrected chi connectivity index (χ1v) is 9.62. The lowest BCUT2D eigenvalue weighted by Gasteiger charge is -2.19. The molecule has 0 bridgehead atoms. The summed E-state index contributed by atoms with van der Waals surface area (Å²) in [6.45, 7) is 6.59. The van der Waals surface area contributed by atoms with E-state index in [0.29, 0.717) is 23.7 Å². The smallest absolute Gasteiger partial charge is 0.261 e. The first-order valence-electron chi connectivity index (χ1n) is 8.14. The van der Waals surface area contributed by atoms with E-state index in [1.165, 1.54) is 12.1 Å². The molecule has 6 heteroatoms. The molecule has 0 atom stereocenters. The van der Waals surface area contributed by atoms with Crippen LogP contribution < -0.4 is 4.72 Å². The van der Waals surface area contributed by atoms with E-state index in [1.807, 2.05) is 32.9 Å². The van der Waals surface area contributed by atoms with Crippen molar-refractivity contribution in [3.05, 3.63) is 59.7 Å². The highest BCUT2D eigenvalue weighted by molar-refractivity contribution is 7.92. The molecule has 134 valence electrons. The van der Waals surface area contributed by atoms with Crippen LogP contribution in [0.5, 0.6) is 0 Å². The van der Waals surface area contributed by atoms with Gasteiger partial charge in [-0.05, 0) is 43.2 Å². The molecule has 1 amide bonds. The van der Waals surface area contributed by atoms with E-state index >= 15 is 0 Å². The van der Waals surface area contributed by atoms with Crippen LogP contribution in [0.3, 0.4) is 0 Å². The summed E-state index contributed by atoms with van der Waals surface area (Å²) >= 11 is 0. The van der Waals surface area contributed by atoms with Gasteiger partial charge in [0.1, 0.15) is 0 Å². The molecule has 0 aliphatic rings. The van der Waals surface area contributed by atoms with Gasteiger partial charge in [-0.2, -0.15) is 0 Å². The normalized spacial score (nSPS) is 11.4. The minimum Gasteiger partial charge on any atom is -0.341 e. The van der Waals surface area contributed by atoms with Gasteiger partial charge in [-0.1, -0.05) is 37.6 Å². The maximum Gasteiger partial charge on any atom is 0.261 e. The third-order valence-corrected chi connectivity index (χ3v) is 5.06. The third kappa shape index (κ3) is 5.06. The monoisotopic (exact) mass is 360 g/mol. The first kappa shape index (κ1) is 19.0. The van der Waals surface area contributed by atoms with Gasteiger partial charge in [0.25, 0.3) is 15.9 Å². The van der Waals surface area contributed by atoms with Gasteiger partial charge in [0.15, 0.2) is 0 Å². The van der Waals surface area contributed by atoms with Crippen molar-refractivity contribution in [3.63, 3.8) is 0 Å². The Hall–Kier alpha value is -2.34. The lowest BCUT2D eigenvalue weighted by Crippen LogP contribution is -2.30. The van der Waals surface area contributed by atoms with E-state index in [1.54, 1.807) is 36.2 Å². The fourth-order valence-electron chi connectivity index (χ4n) is 2.48. The van der Waals surface area contributed by atoms with E-state index < -0.39 is 10.0 Å². The highest BCUT2D eigenvalue weighted by Gasteiger charge is 2.18. The van der Waals surface area contributed by atoms with Crippen LogP contribution in [-0.4, -0.2) is 32.8 Å². The molecule has 0 fully saturated rings. The van der Waals surface area contributed by atoms with Crippen LogP contribution in [0.25, 0.3) is 0 Å². The van der Waals surface area contributed by atoms with Crippen LogP contribution in [0.4, 0.5) is 5.69 Å². The Kier molecular flexibility index (Phi) is 5.85. The summed E-state index contributed by atoms with van der Waals surface area (Å²) in [6, 6.07) is 13.2. The van der Waals surface area contributed by atoms with Crippen molar-refractivity contribution in [1.82, 2.24) is 4.90 Å². The molecule has 1 N–H and O–H groups in total. The second-order valence-electron chi connectivity index (χ2n) is 6.58. The standard InChI is InChI=1S/C19H24N2O3S/c1-14(2)13-21(4)19(22)16-6-5-7-18(12-16)25(23,24)20-17-10-8-15(3)9-11-17/h5-12,14,20H,13H2,1-4H3. The number of hydrogen-bond donors (Lipinski definition) is 1. The largest absolute Gasteiger partial charge is 0.341 e. The average Bonchev–Trinajstić information content (AvgIpc) is 2.55. The minimum atomic E-state index is -3.75. The Bertz CT molecular complexity index is 843.